The maximum atomic E-state index is 12.1. The van der Waals surface area contributed by atoms with Crippen molar-refractivity contribution in [3.05, 3.63) is 10.6 Å². The molecule has 1 aliphatic heterocycles. The molecule has 0 radical (unpaired) electrons. The minimum Gasteiger partial charge on any atom is -0.465 e. The van der Waals surface area contributed by atoms with E-state index in [-0.39, 0.29) is 17.4 Å². The zero-order chi connectivity index (χ0) is 15.6. The summed E-state index contributed by atoms with van der Waals surface area (Å²) < 4.78 is 4.79. The monoisotopic (exact) mass is 329 g/mol. The van der Waals surface area contributed by atoms with Gasteiger partial charge in [0.15, 0.2) is 5.13 Å². The first-order chi connectivity index (χ1) is 9.82. The first-order valence-electron chi connectivity index (χ1n) is 6.54. The summed E-state index contributed by atoms with van der Waals surface area (Å²) in [5.74, 6) is 0.974. The number of hydrogen-bond donors (Lipinski definition) is 2. The van der Waals surface area contributed by atoms with Crippen molar-refractivity contribution in [1.29, 1.82) is 0 Å². The second-order valence-corrected chi connectivity index (χ2v) is 7.73. The molecular weight excluding hydrogens is 310 g/mol. The van der Waals surface area contributed by atoms with Gasteiger partial charge in [0.05, 0.1) is 18.8 Å². The summed E-state index contributed by atoms with van der Waals surface area (Å²) in [6, 6.07) is -0.210. The molecule has 1 aliphatic rings. The van der Waals surface area contributed by atoms with E-state index >= 15 is 0 Å². The van der Waals surface area contributed by atoms with E-state index < -0.39 is 5.97 Å². The molecule has 1 atom stereocenters. The fraction of sp³-hybridized carbons (Fsp3) is 0.615. The SMILES string of the molecule is COC(=O)c1sc(NC(=O)C2CSCN2)nc1C(C)(C)C. The maximum Gasteiger partial charge on any atom is 0.350 e. The third-order valence-corrected chi connectivity index (χ3v) is 4.86. The molecule has 2 N–H and O–H groups in total. The average molecular weight is 329 g/mol. The number of aromatic nitrogens is 1. The first-order valence-corrected chi connectivity index (χ1v) is 8.51. The van der Waals surface area contributed by atoms with Crippen LogP contribution in [0.25, 0.3) is 0 Å². The van der Waals surface area contributed by atoms with Crippen LogP contribution in [-0.4, -0.2) is 41.6 Å². The highest BCUT2D eigenvalue weighted by Crippen LogP contribution is 2.32. The molecule has 116 valence electrons. The third kappa shape index (κ3) is 3.75. The van der Waals surface area contributed by atoms with Gasteiger partial charge in [-0.15, -0.1) is 11.8 Å². The molecule has 0 saturated carbocycles. The van der Waals surface area contributed by atoms with E-state index in [1.807, 2.05) is 20.8 Å². The smallest absolute Gasteiger partial charge is 0.350 e. The normalized spacial score (nSPS) is 18.6. The zero-order valence-corrected chi connectivity index (χ0v) is 14.1. The number of amides is 1. The molecule has 1 saturated heterocycles. The molecule has 1 aromatic rings. The summed E-state index contributed by atoms with van der Waals surface area (Å²) in [6.07, 6.45) is 0. The Balaban J connectivity index is 2.22. The minimum atomic E-state index is -0.424. The number of carbonyl (C=O) groups excluding carboxylic acids is 2. The van der Waals surface area contributed by atoms with Gasteiger partial charge in [0.1, 0.15) is 4.88 Å². The lowest BCUT2D eigenvalue weighted by molar-refractivity contribution is -0.117. The summed E-state index contributed by atoms with van der Waals surface area (Å²) >= 11 is 2.83. The van der Waals surface area contributed by atoms with Gasteiger partial charge >= 0.3 is 5.97 Å². The lowest BCUT2D eigenvalue weighted by Gasteiger charge is -2.16. The quantitative estimate of drug-likeness (QED) is 0.824. The Kier molecular flexibility index (Phi) is 4.90. The predicted molar refractivity (Wildman–Crippen MR) is 85.0 cm³/mol. The van der Waals surface area contributed by atoms with E-state index in [0.29, 0.717) is 15.7 Å². The molecule has 8 heteroatoms. The highest BCUT2D eigenvalue weighted by Gasteiger charge is 2.29. The number of nitrogens with one attached hydrogen (secondary N) is 2. The molecule has 0 spiro atoms. The van der Waals surface area contributed by atoms with E-state index in [4.69, 9.17) is 4.74 Å². The Morgan fingerprint density at radius 2 is 2.14 bits per heavy atom. The van der Waals surface area contributed by atoms with Crippen LogP contribution in [0.4, 0.5) is 5.13 Å². The molecule has 2 rings (SSSR count). The van der Waals surface area contributed by atoms with Crippen molar-refractivity contribution >= 4 is 40.1 Å². The number of esters is 1. The number of thiazole rings is 1. The third-order valence-electron chi connectivity index (χ3n) is 2.97. The molecule has 1 aromatic heterocycles. The van der Waals surface area contributed by atoms with Crippen LogP contribution >= 0.6 is 23.1 Å². The lowest BCUT2D eigenvalue weighted by atomic mass is 9.91. The van der Waals surface area contributed by atoms with Crippen molar-refractivity contribution in [3.63, 3.8) is 0 Å². The number of ether oxygens (including phenoxy) is 1. The van der Waals surface area contributed by atoms with Crippen LogP contribution in [0.15, 0.2) is 0 Å². The number of rotatable bonds is 3. The Bertz CT molecular complexity index is 545. The molecule has 1 unspecified atom stereocenters. The van der Waals surface area contributed by atoms with E-state index in [2.05, 4.69) is 15.6 Å². The van der Waals surface area contributed by atoms with Crippen LogP contribution < -0.4 is 10.6 Å². The van der Waals surface area contributed by atoms with Crippen LogP contribution in [0, 0.1) is 0 Å². The van der Waals surface area contributed by atoms with Crippen LogP contribution in [-0.2, 0) is 14.9 Å². The number of carbonyl (C=O) groups is 2. The molecule has 0 bridgehead atoms. The predicted octanol–water partition coefficient (Wildman–Crippen LogP) is 1.83. The maximum absolute atomic E-state index is 12.1. The van der Waals surface area contributed by atoms with Crippen molar-refractivity contribution in [1.82, 2.24) is 10.3 Å². The minimum absolute atomic E-state index is 0.120. The van der Waals surface area contributed by atoms with Crippen molar-refractivity contribution in [3.8, 4) is 0 Å². The Labute approximate surface area is 132 Å². The topological polar surface area (TPSA) is 80.3 Å². The van der Waals surface area contributed by atoms with Gasteiger partial charge in [-0.1, -0.05) is 32.1 Å². The number of methoxy groups -OCH3 is 1. The fourth-order valence-electron chi connectivity index (χ4n) is 1.87. The Morgan fingerprint density at radius 3 is 2.67 bits per heavy atom. The van der Waals surface area contributed by atoms with Crippen LogP contribution in [0.2, 0.25) is 0 Å². The highest BCUT2D eigenvalue weighted by molar-refractivity contribution is 7.99. The number of hydrogen-bond acceptors (Lipinski definition) is 7. The second-order valence-electron chi connectivity index (χ2n) is 5.70. The summed E-state index contributed by atoms with van der Waals surface area (Å²) in [4.78, 5) is 28.8. The van der Waals surface area contributed by atoms with Gasteiger partial charge < -0.3 is 10.1 Å². The molecule has 1 fully saturated rings. The summed E-state index contributed by atoms with van der Waals surface area (Å²) in [6.45, 7) is 5.90. The largest absolute Gasteiger partial charge is 0.465 e. The Morgan fingerprint density at radius 1 is 1.43 bits per heavy atom. The lowest BCUT2D eigenvalue weighted by Crippen LogP contribution is -2.37. The molecular formula is C13H19N3O3S2. The second kappa shape index (κ2) is 6.33. The van der Waals surface area contributed by atoms with Gasteiger partial charge in [0.2, 0.25) is 5.91 Å². The van der Waals surface area contributed by atoms with Gasteiger partial charge in [0, 0.05) is 17.0 Å². The Hall–Kier alpha value is -1.12. The molecule has 1 amide bonds. The van der Waals surface area contributed by atoms with Crippen molar-refractivity contribution in [2.75, 3.05) is 24.1 Å². The average Bonchev–Trinajstić information content (AvgIpc) is 3.05. The van der Waals surface area contributed by atoms with Gasteiger partial charge in [-0.25, -0.2) is 9.78 Å². The van der Waals surface area contributed by atoms with Gasteiger partial charge in [0.25, 0.3) is 0 Å². The van der Waals surface area contributed by atoms with Crippen molar-refractivity contribution in [2.45, 2.75) is 32.2 Å². The molecule has 21 heavy (non-hydrogen) atoms. The first kappa shape index (κ1) is 16.3. The van der Waals surface area contributed by atoms with Crippen LogP contribution in [0.1, 0.15) is 36.1 Å². The van der Waals surface area contributed by atoms with Gasteiger partial charge in [-0.3, -0.25) is 10.1 Å². The van der Waals surface area contributed by atoms with Crippen LogP contribution in [0.5, 0.6) is 0 Å². The standard InChI is InChI=1S/C13H19N3O3S2/c1-13(2,3)9-8(11(18)19-4)21-12(15-9)16-10(17)7-5-20-6-14-7/h7,14H,5-6H2,1-4H3,(H,15,16,17). The molecule has 0 aliphatic carbocycles. The van der Waals surface area contributed by atoms with E-state index in [9.17, 15) is 9.59 Å². The zero-order valence-electron chi connectivity index (χ0n) is 12.5. The van der Waals surface area contributed by atoms with E-state index in [1.165, 1.54) is 7.11 Å². The van der Waals surface area contributed by atoms with Gasteiger partial charge in [-0.2, -0.15) is 0 Å². The number of thioether (sulfide) groups is 1. The summed E-state index contributed by atoms with van der Waals surface area (Å²) in [7, 11) is 1.34. The van der Waals surface area contributed by atoms with Crippen LogP contribution in [0.3, 0.4) is 0 Å². The number of anilines is 1. The summed E-state index contributed by atoms with van der Waals surface area (Å²) in [5, 5.41) is 6.31. The van der Waals surface area contributed by atoms with E-state index in [0.717, 1.165) is 23.0 Å². The van der Waals surface area contributed by atoms with Crippen molar-refractivity contribution < 1.29 is 14.3 Å². The number of nitrogens with zero attached hydrogens (tertiary/aromatic N) is 1. The summed E-state index contributed by atoms with van der Waals surface area (Å²) in [5.41, 5.74) is 0.341. The molecule has 0 aromatic carbocycles. The van der Waals surface area contributed by atoms with Gasteiger partial charge in [-0.05, 0) is 0 Å². The molecule has 6 nitrogen and oxygen atoms in total. The highest BCUT2D eigenvalue weighted by atomic mass is 32.2. The van der Waals surface area contributed by atoms with E-state index in [1.54, 1.807) is 11.8 Å². The molecule has 2 heterocycles. The van der Waals surface area contributed by atoms with Crippen molar-refractivity contribution in [2.24, 2.45) is 0 Å². The fourth-order valence-corrected chi connectivity index (χ4v) is 3.91.